The Kier molecular flexibility index (Phi) is 4.46. The third-order valence-corrected chi connectivity index (χ3v) is 3.40. The van der Waals surface area contributed by atoms with E-state index < -0.39 is 11.7 Å². The fourth-order valence-corrected chi connectivity index (χ4v) is 2.48. The van der Waals surface area contributed by atoms with Crippen molar-refractivity contribution in [1.29, 1.82) is 0 Å². The van der Waals surface area contributed by atoms with Crippen LogP contribution in [0.25, 0.3) is 22.2 Å². The number of ether oxygens (including phenoxy) is 1. The van der Waals surface area contributed by atoms with Gasteiger partial charge in [-0.2, -0.15) is 0 Å². The van der Waals surface area contributed by atoms with E-state index in [1.807, 2.05) is 12.1 Å². The largest absolute Gasteiger partial charge is 0.570 e. The predicted octanol–water partition coefficient (Wildman–Crippen LogP) is 2.79. The van der Waals surface area contributed by atoms with Gasteiger partial charge in [-0.15, -0.1) is 0 Å². The van der Waals surface area contributed by atoms with Gasteiger partial charge in [0.15, 0.2) is 5.88 Å². The third-order valence-electron chi connectivity index (χ3n) is 3.40. The Morgan fingerprint density at radius 1 is 1.20 bits per heavy atom. The molecular weight excluding hydrogens is 321 g/mol. The van der Waals surface area contributed by atoms with Crippen LogP contribution in [0, 0.1) is 0 Å². The highest BCUT2D eigenvalue weighted by atomic mass is 16.6. The Morgan fingerprint density at radius 3 is 2.56 bits per heavy atom. The summed E-state index contributed by atoms with van der Waals surface area (Å²) in [4.78, 5) is 21.0. The van der Waals surface area contributed by atoms with Crippen molar-refractivity contribution < 1.29 is 19.2 Å². The van der Waals surface area contributed by atoms with E-state index in [1.165, 1.54) is 4.57 Å². The summed E-state index contributed by atoms with van der Waals surface area (Å²) in [5, 5.41) is 9.72. The van der Waals surface area contributed by atoms with Crippen LogP contribution in [0.5, 0.6) is 5.88 Å². The van der Waals surface area contributed by atoms with Crippen LogP contribution in [0.4, 0.5) is 4.79 Å². The smallest absolute Gasteiger partial charge is 0.524 e. The number of carbonyl (C=O) groups is 1. The SMILES string of the molecule is CC(C)(C)OC(=O)n1c(O[B]O)cc2c(-c3ccncc3)nccc21. The molecule has 1 N–H and O–H groups in total. The summed E-state index contributed by atoms with van der Waals surface area (Å²) in [6.07, 6.45) is 4.33. The predicted molar refractivity (Wildman–Crippen MR) is 93.2 cm³/mol. The second kappa shape index (κ2) is 6.56. The van der Waals surface area contributed by atoms with Gasteiger partial charge >= 0.3 is 13.8 Å². The van der Waals surface area contributed by atoms with E-state index in [0.717, 1.165) is 5.56 Å². The van der Waals surface area contributed by atoms with Crippen LogP contribution in [0.1, 0.15) is 20.8 Å². The van der Waals surface area contributed by atoms with E-state index in [0.29, 0.717) is 24.3 Å². The maximum absolute atomic E-state index is 12.6. The first kappa shape index (κ1) is 17.0. The van der Waals surface area contributed by atoms with Crippen LogP contribution in [0.3, 0.4) is 0 Å². The van der Waals surface area contributed by atoms with Crippen molar-refractivity contribution in [2.45, 2.75) is 26.4 Å². The maximum atomic E-state index is 12.6. The van der Waals surface area contributed by atoms with Crippen molar-refractivity contribution in [3.8, 4) is 17.1 Å². The average Bonchev–Trinajstić information content (AvgIpc) is 2.92. The molecule has 3 aromatic heterocycles. The summed E-state index contributed by atoms with van der Waals surface area (Å²) >= 11 is 0. The molecule has 0 bridgehead atoms. The monoisotopic (exact) mass is 338 g/mol. The molecule has 8 heteroatoms. The first-order chi connectivity index (χ1) is 11.9. The van der Waals surface area contributed by atoms with Gasteiger partial charge in [-0.3, -0.25) is 9.97 Å². The molecule has 0 spiro atoms. The van der Waals surface area contributed by atoms with Crippen molar-refractivity contribution in [2.24, 2.45) is 0 Å². The number of rotatable bonds is 3. The number of carbonyl (C=O) groups excluding carboxylic acids is 1. The van der Waals surface area contributed by atoms with Crippen molar-refractivity contribution >= 4 is 24.7 Å². The highest BCUT2D eigenvalue weighted by Gasteiger charge is 2.24. The van der Waals surface area contributed by atoms with Crippen molar-refractivity contribution in [2.75, 3.05) is 0 Å². The van der Waals surface area contributed by atoms with Gasteiger partial charge in [0.25, 0.3) is 0 Å². The number of hydrogen-bond donors (Lipinski definition) is 1. The number of pyridine rings is 2. The lowest BCUT2D eigenvalue weighted by Gasteiger charge is -2.20. The van der Waals surface area contributed by atoms with Gasteiger partial charge in [-0.1, -0.05) is 0 Å². The summed E-state index contributed by atoms with van der Waals surface area (Å²) in [7, 11) is 0.522. The number of hydrogen-bond acceptors (Lipinski definition) is 6. The van der Waals surface area contributed by atoms with Crippen LogP contribution in [0.2, 0.25) is 0 Å². The molecular formula is C17H17BN3O4. The lowest BCUT2D eigenvalue weighted by atomic mass is 10.1. The topological polar surface area (TPSA) is 86.5 Å². The third kappa shape index (κ3) is 3.48. The molecule has 0 saturated carbocycles. The Hall–Kier alpha value is -2.87. The highest BCUT2D eigenvalue weighted by Crippen LogP contribution is 2.32. The lowest BCUT2D eigenvalue weighted by Crippen LogP contribution is -2.27. The Balaban J connectivity index is 2.19. The molecule has 0 aromatic carbocycles. The highest BCUT2D eigenvalue weighted by molar-refractivity contribution is 6.17. The van der Waals surface area contributed by atoms with Crippen molar-refractivity contribution in [3.63, 3.8) is 0 Å². The Morgan fingerprint density at radius 2 is 1.92 bits per heavy atom. The first-order valence-electron chi connectivity index (χ1n) is 7.67. The second-order valence-corrected chi connectivity index (χ2v) is 6.35. The number of aromatic nitrogens is 3. The number of fused-ring (bicyclic) bond motifs is 1. The first-order valence-corrected chi connectivity index (χ1v) is 7.67. The van der Waals surface area contributed by atoms with Gasteiger partial charge in [0.2, 0.25) is 0 Å². The average molecular weight is 338 g/mol. The minimum absolute atomic E-state index is 0.134. The van der Waals surface area contributed by atoms with Gasteiger partial charge in [0.05, 0.1) is 11.2 Å². The van der Waals surface area contributed by atoms with Crippen molar-refractivity contribution in [1.82, 2.24) is 14.5 Å². The zero-order valence-corrected chi connectivity index (χ0v) is 14.1. The lowest BCUT2D eigenvalue weighted by molar-refractivity contribution is 0.0537. The summed E-state index contributed by atoms with van der Waals surface area (Å²) < 4.78 is 11.8. The molecule has 0 aliphatic carbocycles. The fraction of sp³-hybridized carbons (Fsp3) is 0.235. The molecule has 127 valence electrons. The quantitative estimate of drug-likeness (QED) is 0.739. The van der Waals surface area contributed by atoms with E-state index >= 15 is 0 Å². The second-order valence-electron chi connectivity index (χ2n) is 6.35. The van der Waals surface area contributed by atoms with Gasteiger partial charge < -0.3 is 14.4 Å². The molecule has 3 heterocycles. The van der Waals surface area contributed by atoms with Gasteiger partial charge in [0, 0.05) is 35.6 Å². The minimum atomic E-state index is -0.672. The van der Waals surface area contributed by atoms with E-state index in [1.54, 1.807) is 51.5 Å². The molecule has 1 radical (unpaired) electrons. The molecule has 7 nitrogen and oxygen atoms in total. The molecule has 0 unspecified atom stereocenters. The summed E-state index contributed by atoms with van der Waals surface area (Å²) in [5.41, 5.74) is 1.41. The standard InChI is InChI=1S/C17H17BN3O4/c1-17(2,3)24-16(22)21-13-6-9-20-15(11-4-7-19-8-5-11)12(13)10-14(21)25-18-23/h4-10,23H,1-3H3. The zero-order valence-electron chi connectivity index (χ0n) is 14.1. The molecule has 3 aromatic rings. The molecule has 0 aliphatic heterocycles. The van der Waals surface area contributed by atoms with Gasteiger partial charge in [-0.05, 0) is 39.0 Å². The molecule has 25 heavy (non-hydrogen) atoms. The van der Waals surface area contributed by atoms with Crippen LogP contribution >= 0.6 is 0 Å². The van der Waals surface area contributed by atoms with Crippen LogP contribution in [-0.2, 0) is 4.74 Å². The van der Waals surface area contributed by atoms with Crippen LogP contribution in [-0.4, -0.2) is 38.9 Å². The van der Waals surface area contributed by atoms with Crippen molar-refractivity contribution in [3.05, 3.63) is 42.9 Å². The van der Waals surface area contributed by atoms with Crippen LogP contribution < -0.4 is 4.65 Å². The summed E-state index contributed by atoms with van der Waals surface area (Å²) in [5.74, 6) is 0.134. The molecule has 0 fully saturated rings. The zero-order chi connectivity index (χ0) is 18.0. The van der Waals surface area contributed by atoms with E-state index in [9.17, 15) is 4.79 Å². The normalized spacial score (nSPS) is 11.4. The molecule has 0 amide bonds. The molecule has 0 aliphatic rings. The molecule has 0 atom stereocenters. The Labute approximate surface area is 145 Å². The van der Waals surface area contributed by atoms with E-state index in [4.69, 9.17) is 14.4 Å². The summed E-state index contributed by atoms with van der Waals surface area (Å²) in [6, 6.07) is 6.97. The molecule has 0 saturated heterocycles. The van der Waals surface area contributed by atoms with Gasteiger partial charge in [-0.25, -0.2) is 9.36 Å². The molecule has 3 rings (SSSR count). The van der Waals surface area contributed by atoms with Gasteiger partial charge in [0.1, 0.15) is 5.60 Å². The van der Waals surface area contributed by atoms with Crippen LogP contribution in [0.15, 0.2) is 42.9 Å². The number of nitrogens with zero attached hydrogens (tertiary/aromatic N) is 3. The summed E-state index contributed by atoms with van der Waals surface area (Å²) in [6.45, 7) is 5.33. The maximum Gasteiger partial charge on any atom is 0.570 e. The van der Waals surface area contributed by atoms with E-state index in [2.05, 4.69) is 9.97 Å². The fourth-order valence-electron chi connectivity index (χ4n) is 2.48. The Bertz CT molecular complexity index is 903. The minimum Gasteiger partial charge on any atom is -0.524 e. The van der Waals surface area contributed by atoms with E-state index in [-0.39, 0.29) is 5.88 Å².